The fourth-order valence-electron chi connectivity index (χ4n) is 2.03. The Hall–Kier alpha value is -1.87. The molecule has 2 aromatic rings. The number of nitrogens with two attached hydrogens (primary N) is 1. The van der Waals surface area contributed by atoms with Crippen molar-refractivity contribution in [3.63, 3.8) is 0 Å². The van der Waals surface area contributed by atoms with Crippen molar-refractivity contribution in [1.82, 2.24) is 0 Å². The molecule has 0 amide bonds. The third-order valence-electron chi connectivity index (χ3n) is 3.21. The summed E-state index contributed by atoms with van der Waals surface area (Å²) >= 11 is 0. The number of ether oxygens (including phenoxy) is 1. The number of hydrogen-bond acceptors (Lipinski definition) is 2. The lowest BCUT2D eigenvalue weighted by atomic mass is 10.0. The molecule has 106 valence electrons. The lowest BCUT2D eigenvalue weighted by molar-refractivity contribution is 0.468. The zero-order valence-corrected chi connectivity index (χ0v) is 12.1. The summed E-state index contributed by atoms with van der Waals surface area (Å²) in [4.78, 5) is 0. The van der Waals surface area contributed by atoms with E-state index in [4.69, 9.17) is 10.5 Å². The molecule has 0 fully saturated rings. The molecule has 2 nitrogen and oxygen atoms in total. The first-order valence-corrected chi connectivity index (χ1v) is 6.80. The molecule has 0 saturated heterocycles. The summed E-state index contributed by atoms with van der Waals surface area (Å²) in [7, 11) is 0. The number of hydrogen-bond donors (Lipinski definition) is 1. The average Bonchev–Trinajstić information content (AvgIpc) is 2.41. The van der Waals surface area contributed by atoms with Gasteiger partial charge in [-0.1, -0.05) is 26.0 Å². The van der Waals surface area contributed by atoms with E-state index in [0.29, 0.717) is 17.2 Å². The molecule has 0 aliphatic rings. The van der Waals surface area contributed by atoms with Crippen LogP contribution in [0.2, 0.25) is 0 Å². The number of halogens is 1. The van der Waals surface area contributed by atoms with Crippen LogP contribution in [0, 0.1) is 5.82 Å². The van der Waals surface area contributed by atoms with Crippen LogP contribution < -0.4 is 10.5 Å². The summed E-state index contributed by atoms with van der Waals surface area (Å²) in [6.45, 7) is 6.07. The maximum atomic E-state index is 13.3. The largest absolute Gasteiger partial charge is 0.457 e. The highest BCUT2D eigenvalue weighted by Crippen LogP contribution is 2.30. The van der Waals surface area contributed by atoms with Gasteiger partial charge in [0.1, 0.15) is 17.3 Å². The van der Waals surface area contributed by atoms with Gasteiger partial charge in [0.25, 0.3) is 0 Å². The van der Waals surface area contributed by atoms with Crippen molar-refractivity contribution in [2.24, 2.45) is 5.73 Å². The second-order valence-electron chi connectivity index (χ2n) is 5.30. The van der Waals surface area contributed by atoms with E-state index in [1.165, 1.54) is 17.7 Å². The third-order valence-corrected chi connectivity index (χ3v) is 3.21. The molecule has 0 bridgehead atoms. The molecule has 0 spiro atoms. The van der Waals surface area contributed by atoms with E-state index in [1.54, 1.807) is 6.07 Å². The summed E-state index contributed by atoms with van der Waals surface area (Å²) in [5.74, 6) is 1.47. The maximum Gasteiger partial charge on any atom is 0.132 e. The van der Waals surface area contributed by atoms with Crippen LogP contribution in [-0.4, -0.2) is 0 Å². The monoisotopic (exact) mass is 273 g/mol. The molecule has 3 heteroatoms. The van der Waals surface area contributed by atoms with E-state index >= 15 is 0 Å². The Kier molecular flexibility index (Phi) is 4.40. The number of benzene rings is 2. The van der Waals surface area contributed by atoms with Crippen molar-refractivity contribution < 1.29 is 9.13 Å². The highest BCUT2D eigenvalue weighted by Gasteiger charge is 2.11. The smallest absolute Gasteiger partial charge is 0.132 e. The minimum atomic E-state index is -0.305. The van der Waals surface area contributed by atoms with E-state index < -0.39 is 0 Å². The van der Waals surface area contributed by atoms with E-state index in [9.17, 15) is 4.39 Å². The van der Waals surface area contributed by atoms with Crippen LogP contribution in [0.15, 0.2) is 42.5 Å². The molecule has 0 heterocycles. The Morgan fingerprint density at radius 1 is 1.05 bits per heavy atom. The van der Waals surface area contributed by atoms with Crippen molar-refractivity contribution in [2.75, 3.05) is 0 Å². The van der Waals surface area contributed by atoms with E-state index in [-0.39, 0.29) is 11.9 Å². The molecular weight excluding hydrogens is 253 g/mol. The third kappa shape index (κ3) is 3.36. The van der Waals surface area contributed by atoms with Gasteiger partial charge in [0, 0.05) is 11.6 Å². The van der Waals surface area contributed by atoms with Gasteiger partial charge in [-0.15, -0.1) is 0 Å². The summed E-state index contributed by atoms with van der Waals surface area (Å²) in [6.07, 6.45) is 0. The highest BCUT2D eigenvalue weighted by molar-refractivity contribution is 5.41. The first-order chi connectivity index (χ1) is 9.47. The minimum absolute atomic E-state index is 0.283. The van der Waals surface area contributed by atoms with Crippen molar-refractivity contribution in [3.8, 4) is 11.5 Å². The first kappa shape index (κ1) is 14.5. The van der Waals surface area contributed by atoms with E-state index in [1.807, 2.05) is 25.1 Å². The molecule has 0 unspecified atom stereocenters. The van der Waals surface area contributed by atoms with Gasteiger partial charge < -0.3 is 10.5 Å². The Morgan fingerprint density at radius 2 is 1.80 bits per heavy atom. The second kappa shape index (κ2) is 6.06. The van der Waals surface area contributed by atoms with Gasteiger partial charge in [-0.25, -0.2) is 4.39 Å². The van der Waals surface area contributed by atoms with Gasteiger partial charge in [0.2, 0.25) is 0 Å². The maximum absolute atomic E-state index is 13.3. The van der Waals surface area contributed by atoms with Crippen LogP contribution in [0.5, 0.6) is 11.5 Å². The molecule has 2 aromatic carbocycles. The van der Waals surface area contributed by atoms with Gasteiger partial charge in [0.15, 0.2) is 0 Å². The minimum Gasteiger partial charge on any atom is -0.457 e. The first-order valence-electron chi connectivity index (χ1n) is 6.80. The van der Waals surface area contributed by atoms with Gasteiger partial charge in [0.05, 0.1) is 0 Å². The number of rotatable bonds is 4. The second-order valence-corrected chi connectivity index (χ2v) is 5.30. The average molecular weight is 273 g/mol. The Morgan fingerprint density at radius 3 is 2.45 bits per heavy atom. The molecule has 0 saturated carbocycles. The zero-order valence-electron chi connectivity index (χ0n) is 12.1. The van der Waals surface area contributed by atoms with Crippen LogP contribution in [0.25, 0.3) is 0 Å². The Bertz CT molecular complexity index is 593. The Labute approximate surface area is 119 Å². The van der Waals surface area contributed by atoms with Crippen molar-refractivity contribution >= 4 is 0 Å². The van der Waals surface area contributed by atoms with Gasteiger partial charge in [-0.05, 0) is 48.7 Å². The molecule has 2 rings (SSSR count). The summed E-state index contributed by atoms with van der Waals surface area (Å²) in [5, 5.41) is 0. The fraction of sp³-hybridized carbons (Fsp3) is 0.294. The predicted octanol–water partition coefficient (Wildman–Crippen LogP) is 4.76. The van der Waals surface area contributed by atoms with E-state index in [0.717, 1.165) is 5.75 Å². The lowest BCUT2D eigenvalue weighted by Gasteiger charge is -2.15. The molecule has 1 atom stereocenters. The highest BCUT2D eigenvalue weighted by atomic mass is 19.1. The van der Waals surface area contributed by atoms with Crippen LogP contribution in [0.3, 0.4) is 0 Å². The molecule has 0 aromatic heterocycles. The van der Waals surface area contributed by atoms with Gasteiger partial charge in [-0.3, -0.25) is 0 Å². The normalized spacial score (nSPS) is 12.5. The van der Waals surface area contributed by atoms with Crippen molar-refractivity contribution in [3.05, 3.63) is 59.4 Å². The SMILES string of the molecule is CC(C)c1cccc(Oc2ccc(F)cc2[C@H](C)N)c1. The van der Waals surface area contributed by atoms with Crippen molar-refractivity contribution in [2.45, 2.75) is 32.7 Å². The zero-order chi connectivity index (χ0) is 14.7. The van der Waals surface area contributed by atoms with Crippen molar-refractivity contribution in [1.29, 1.82) is 0 Å². The van der Waals surface area contributed by atoms with Gasteiger partial charge >= 0.3 is 0 Å². The van der Waals surface area contributed by atoms with Crippen LogP contribution in [0.4, 0.5) is 4.39 Å². The van der Waals surface area contributed by atoms with Crippen LogP contribution in [0.1, 0.15) is 43.9 Å². The molecule has 0 aliphatic heterocycles. The topological polar surface area (TPSA) is 35.2 Å². The summed E-state index contributed by atoms with van der Waals surface area (Å²) < 4.78 is 19.2. The molecule has 0 radical (unpaired) electrons. The standard InChI is InChI=1S/C17H20FNO/c1-11(2)13-5-4-6-15(9-13)20-17-8-7-14(18)10-16(17)12(3)19/h4-12H,19H2,1-3H3/t12-/m0/s1. The Balaban J connectivity index is 2.32. The summed E-state index contributed by atoms with van der Waals surface area (Å²) in [6, 6.07) is 12.1. The molecule has 2 N–H and O–H groups in total. The quantitative estimate of drug-likeness (QED) is 0.871. The van der Waals surface area contributed by atoms with Gasteiger partial charge in [-0.2, -0.15) is 0 Å². The van der Waals surface area contributed by atoms with Crippen LogP contribution >= 0.6 is 0 Å². The van der Waals surface area contributed by atoms with Crippen LogP contribution in [-0.2, 0) is 0 Å². The predicted molar refractivity (Wildman–Crippen MR) is 79.6 cm³/mol. The summed E-state index contributed by atoms with van der Waals surface area (Å²) in [5.41, 5.74) is 7.74. The molecular formula is C17H20FNO. The lowest BCUT2D eigenvalue weighted by Crippen LogP contribution is -2.07. The fourth-order valence-corrected chi connectivity index (χ4v) is 2.03. The molecule has 0 aliphatic carbocycles. The molecule has 20 heavy (non-hydrogen) atoms. The van der Waals surface area contributed by atoms with E-state index in [2.05, 4.69) is 19.9 Å².